The second-order valence-corrected chi connectivity index (χ2v) is 5.50. The van der Waals surface area contributed by atoms with Crippen LogP contribution in [0.25, 0.3) is 0 Å². The van der Waals surface area contributed by atoms with Gasteiger partial charge >= 0.3 is 18.3 Å². The second kappa shape index (κ2) is 7.84. The van der Waals surface area contributed by atoms with Crippen molar-refractivity contribution in [1.82, 2.24) is 5.01 Å². The Balaban J connectivity index is 2.34. The molecule has 0 saturated heterocycles. The van der Waals surface area contributed by atoms with Crippen molar-refractivity contribution < 1.29 is 23.8 Å². The molecule has 0 fully saturated rings. The molecule has 0 radical (unpaired) electrons. The molecule has 0 aliphatic carbocycles. The number of hydrazone groups is 1. The predicted octanol–water partition coefficient (Wildman–Crippen LogP) is 2.56. The normalized spacial score (nSPS) is 16.2. The minimum atomic E-state index is -1.10. The van der Waals surface area contributed by atoms with Gasteiger partial charge in [-0.2, -0.15) is 5.10 Å². The Labute approximate surface area is 148 Å². The van der Waals surface area contributed by atoms with E-state index in [1.807, 2.05) is 6.92 Å². The van der Waals surface area contributed by atoms with Crippen molar-refractivity contribution in [2.24, 2.45) is 16.8 Å². The lowest BCUT2D eigenvalue weighted by Crippen LogP contribution is -2.31. The summed E-state index contributed by atoms with van der Waals surface area (Å²) in [5, 5.41) is 13.3. The molecule has 1 atom stereocenters. The minimum Gasteiger partial charge on any atom is -0.434 e. The Morgan fingerprint density at radius 3 is 2.84 bits per heavy atom. The van der Waals surface area contributed by atoms with Gasteiger partial charge in [-0.3, -0.25) is 0 Å². The maximum atomic E-state index is 11.6. The Hall–Kier alpha value is -2.81. The average molecular weight is 369 g/mol. The Bertz CT molecular complexity index is 737. The summed E-state index contributed by atoms with van der Waals surface area (Å²) in [6, 6.07) is 4.43. The molecule has 25 heavy (non-hydrogen) atoms. The first-order valence-corrected chi connectivity index (χ1v) is 7.76. The fraction of sp³-hybridized carbons (Fsp3) is 0.333. The van der Waals surface area contributed by atoms with E-state index in [9.17, 15) is 9.59 Å². The molecule has 1 aliphatic heterocycles. The van der Waals surface area contributed by atoms with E-state index >= 15 is 0 Å². The number of amidine groups is 1. The monoisotopic (exact) mass is 368 g/mol. The maximum Gasteiger partial charge on any atom is 0.513 e. The number of halogens is 1. The first kappa shape index (κ1) is 18.5. The van der Waals surface area contributed by atoms with Crippen molar-refractivity contribution in [2.45, 2.75) is 13.8 Å². The molecule has 1 heterocycles. The zero-order valence-corrected chi connectivity index (χ0v) is 14.4. The van der Waals surface area contributed by atoms with Crippen molar-refractivity contribution in [3.63, 3.8) is 0 Å². The number of carbonyl (C=O) groups is 2. The van der Waals surface area contributed by atoms with Gasteiger partial charge in [-0.25, -0.2) is 20.0 Å². The minimum absolute atomic E-state index is 0.109. The number of hydrogen-bond donors (Lipinski definition) is 2. The van der Waals surface area contributed by atoms with Crippen LogP contribution in [0.2, 0.25) is 5.02 Å². The summed E-state index contributed by atoms with van der Waals surface area (Å²) in [5.74, 6) is -0.0442. The number of ether oxygens (including phenoxy) is 3. The van der Waals surface area contributed by atoms with Crippen molar-refractivity contribution in [3.8, 4) is 5.75 Å². The van der Waals surface area contributed by atoms with Crippen molar-refractivity contribution in [1.29, 1.82) is 5.41 Å². The van der Waals surface area contributed by atoms with Gasteiger partial charge in [0.25, 0.3) is 0 Å². The molecular weight excluding hydrogens is 352 g/mol. The van der Waals surface area contributed by atoms with E-state index in [1.165, 1.54) is 5.01 Å². The number of primary amides is 1. The number of para-hydroxylation sites is 1. The quantitative estimate of drug-likeness (QED) is 0.365. The highest BCUT2D eigenvalue weighted by Gasteiger charge is 2.30. The second-order valence-electron chi connectivity index (χ2n) is 5.10. The largest absolute Gasteiger partial charge is 0.513 e. The van der Waals surface area contributed by atoms with E-state index in [2.05, 4.69) is 9.84 Å². The molecule has 0 aromatic heterocycles. The number of carbonyl (C=O) groups excluding carboxylic acids is 2. The van der Waals surface area contributed by atoms with Gasteiger partial charge in [0.15, 0.2) is 5.75 Å². The van der Waals surface area contributed by atoms with Crippen LogP contribution in [0.15, 0.2) is 23.3 Å². The molecule has 1 amide bonds. The zero-order valence-electron chi connectivity index (χ0n) is 13.6. The van der Waals surface area contributed by atoms with Crippen molar-refractivity contribution in [2.75, 3.05) is 13.2 Å². The fourth-order valence-corrected chi connectivity index (χ4v) is 2.47. The molecule has 1 aliphatic rings. The summed E-state index contributed by atoms with van der Waals surface area (Å²) in [6.07, 6.45) is -1.99. The SMILES string of the molecule is CCOC(=O)Oc1c(Cl)cccc1C1=NN(C(=N)OC(N)=O)CC1C. The Morgan fingerprint density at radius 1 is 1.48 bits per heavy atom. The summed E-state index contributed by atoms with van der Waals surface area (Å²) in [7, 11) is 0. The van der Waals surface area contributed by atoms with Gasteiger partial charge < -0.3 is 19.9 Å². The molecular formula is C15H17ClN4O5. The third kappa shape index (κ3) is 4.38. The smallest absolute Gasteiger partial charge is 0.434 e. The van der Waals surface area contributed by atoms with E-state index in [-0.39, 0.29) is 29.8 Å². The first-order valence-electron chi connectivity index (χ1n) is 7.38. The lowest BCUT2D eigenvalue weighted by molar-refractivity contribution is 0.104. The number of benzene rings is 1. The van der Waals surface area contributed by atoms with Crippen molar-refractivity contribution >= 4 is 35.6 Å². The Morgan fingerprint density at radius 2 is 2.20 bits per heavy atom. The number of nitrogens with two attached hydrogens (primary N) is 1. The van der Waals surface area contributed by atoms with Gasteiger partial charge in [0, 0.05) is 11.5 Å². The number of nitrogens with zero attached hydrogens (tertiary/aromatic N) is 2. The highest BCUT2D eigenvalue weighted by atomic mass is 35.5. The van der Waals surface area contributed by atoms with E-state index in [0.717, 1.165) is 0 Å². The molecule has 0 bridgehead atoms. The maximum absolute atomic E-state index is 11.6. The zero-order chi connectivity index (χ0) is 18.6. The van der Waals surface area contributed by atoms with Gasteiger partial charge in [0.2, 0.25) is 0 Å². The van der Waals surface area contributed by atoms with Crippen LogP contribution >= 0.6 is 11.6 Å². The van der Waals surface area contributed by atoms with Crippen LogP contribution in [-0.4, -0.2) is 42.1 Å². The molecule has 1 aromatic carbocycles. The highest BCUT2D eigenvalue weighted by Crippen LogP contribution is 2.33. The number of amides is 1. The molecule has 3 N–H and O–H groups in total. The number of nitrogens with one attached hydrogen (secondary N) is 1. The van der Waals surface area contributed by atoms with Gasteiger partial charge in [-0.05, 0) is 19.1 Å². The van der Waals surface area contributed by atoms with Crippen LogP contribution in [0, 0.1) is 11.3 Å². The molecule has 0 spiro atoms. The lowest BCUT2D eigenvalue weighted by atomic mass is 9.98. The average Bonchev–Trinajstić information content (AvgIpc) is 2.91. The van der Waals surface area contributed by atoms with Crippen LogP contribution in [0.3, 0.4) is 0 Å². The summed E-state index contributed by atoms with van der Waals surface area (Å²) in [6.45, 7) is 3.95. The summed E-state index contributed by atoms with van der Waals surface area (Å²) in [4.78, 5) is 22.4. The van der Waals surface area contributed by atoms with E-state index in [1.54, 1.807) is 25.1 Å². The molecule has 10 heteroatoms. The molecule has 1 aromatic rings. The molecule has 2 rings (SSSR count). The number of rotatable bonds is 3. The summed E-state index contributed by atoms with van der Waals surface area (Å²) < 4.78 is 14.5. The van der Waals surface area contributed by atoms with Crippen LogP contribution in [0.4, 0.5) is 9.59 Å². The van der Waals surface area contributed by atoms with E-state index in [0.29, 0.717) is 11.3 Å². The molecule has 9 nitrogen and oxygen atoms in total. The van der Waals surface area contributed by atoms with Crippen LogP contribution in [0.5, 0.6) is 5.75 Å². The molecule has 1 unspecified atom stereocenters. The summed E-state index contributed by atoms with van der Waals surface area (Å²) in [5.41, 5.74) is 5.89. The standard InChI is InChI=1S/C15H17ClN4O5/c1-3-23-15(22)24-12-9(5-4-6-10(12)16)11-8(2)7-20(19-11)13(17)25-14(18)21/h4-6,8,17H,3,7H2,1-2H3,(H2,18,21). The van der Waals surface area contributed by atoms with Gasteiger partial charge in [0.05, 0.1) is 23.9 Å². The topological polar surface area (TPSA) is 127 Å². The Kier molecular flexibility index (Phi) is 5.81. The van der Waals surface area contributed by atoms with E-state index in [4.69, 9.17) is 32.2 Å². The number of hydrogen-bond acceptors (Lipinski definition) is 7. The first-order chi connectivity index (χ1) is 11.8. The fourth-order valence-electron chi connectivity index (χ4n) is 2.26. The highest BCUT2D eigenvalue weighted by molar-refractivity contribution is 6.33. The van der Waals surface area contributed by atoms with Crippen molar-refractivity contribution in [3.05, 3.63) is 28.8 Å². The van der Waals surface area contributed by atoms with Crippen LogP contribution in [-0.2, 0) is 9.47 Å². The third-order valence-corrected chi connectivity index (χ3v) is 3.56. The summed E-state index contributed by atoms with van der Waals surface area (Å²) >= 11 is 6.14. The van der Waals surface area contributed by atoms with Crippen LogP contribution < -0.4 is 10.5 Å². The van der Waals surface area contributed by atoms with Gasteiger partial charge in [0.1, 0.15) is 0 Å². The lowest BCUT2D eigenvalue weighted by Gasteiger charge is -2.13. The van der Waals surface area contributed by atoms with Crippen LogP contribution in [0.1, 0.15) is 19.4 Å². The van der Waals surface area contributed by atoms with Gasteiger partial charge in [-0.15, -0.1) is 0 Å². The predicted molar refractivity (Wildman–Crippen MR) is 89.9 cm³/mol. The molecule has 134 valence electrons. The molecule has 0 saturated carbocycles. The van der Waals surface area contributed by atoms with Gasteiger partial charge in [-0.1, -0.05) is 24.6 Å². The van der Waals surface area contributed by atoms with E-state index < -0.39 is 18.3 Å². The third-order valence-electron chi connectivity index (χ3n) is 3.26.